The Hall–Kier alpha value is -2.90. The number of azo groups is 4. The average Bonchev–Trinajstić information content (AvgIpc) is 2.15. The van der Waals surface area contributed by atoms with E-state index < -0.39 is 110 Å². The Morgan fingerprint density at radius 3 is 1.17 bits per heavy atom. The third-order valence-electron chi connectivity index (χ3n) is 10.5. The summed E-state index contributed by atoms with van der Waals surface area (Å²) in [6.45, 7) is 0. The summed E-state index contributed by atoms with van der Waals surface area (Å²) in [6, 6.07) is 26.1. The van der Waals surface area contributed by atoms with Gasteiger partial charge in [0.05, 0.1) is 41.5 Å². The van der Waals surface area contributed by atoms with Crippen molar-refractivity contribution >= 4 is 135 Å². The monoisotopic (exact) mass is 1290 g/mol. The van der Waals surface area contributed by atoms with Crippen molar-refractivity contribution in [3.05, 3.63) is 140 Å². The van der Waals surface area contributed by atoms with Crippen molar-refractivity contribution < 1.29 is 257 Å². The summed E-state index contributed by atoms with van der Waals surface area (Å²) in [4.78, 5) is 8.96. The van der Waals surface area contributed by atoms with Crippen molar-refractivity contribution in [2.45, 2.75) is 24.5 Å². The van der Waals surface area contributed by atoms with Crippen LogP contribution in [0.3, 0.4) is 0 Å². The van der Waals surface area contributed by atoms with Crippen LogP contribution in [0.2, 0.25) is 0 Å². The number of nitrogens with one attached hydrogen (secondary N) is 2. The summed E-state index contributed by atoms with van der Waals surface area (Å²) in [5.74, 6) is -1.74. The van der Waals surface area contributed by atoms with Crippen molar-refractivity contribution in [2.24, 2.45) is 40.9 Å². The van der Waals surface area contributed by atoms with Gasteiger partial charge in [0, 0.05) is 22.1 Å². The predicted molar refractivity (Wildman–Crippen MR) is 265 cm³/mol. The van der Waals surface area contributed by atoms with E-state index in [0.717, 1.165) is 66.7 Å². The van der Waals surface area contributed by atoms with Crippen LogP contribution in [0.25, 0.3) is 21.5 Å². The summed E-state index contributed by atoms with van der Waals surface area (Å²) in [5, 5.41) is 57.1. The second-order valence-corrected chi connectivity index (χ2v) is 22.5. The molecule has 0 saturated carbocycles. The Labute approximate surface area is 610 Å². The van der Waals surface area contributed by atoms with Crippen LogP contribution in [-0.4, -0.2) is 81.1 Å². The number of hydrogen-bond donors (Lipinski definition) is 4. The Balaban J connectivity index is 0.00000401. The molecule has 2 amide bonds. The average molecular weight is 1290 g/mol. The zero-order valence-electron chi connectivity index (χ0n) is 44.2. The van der Waals surface area contributed by atoms with Crippen LogP contribution in [-0.2, 0) is 50.6 Å². The van der Waals surface area contributed by atoms with Gasteiger partial charge in [-0.15, -0.1) is 33.5 Å². The smallest absolute Gasteiger partial charge is 0.744 e. The molecular formula is C45H26N10Na6O18S5. The van der Waals surface area contributed by atoms with E-state index in [1.807, 2.05) is 0 Å². The first-order valence-corrected chi connectivity index (χ1v) is 28.1. The number of fused-ring (bicyclic) bond motifs is 2. The molecule has 0 fully saturated rings. The number of rotatable bonds is 15. The molecule has 39 heteroatoms. The molecule has 4 N–H and O–H groups in total. The molecule has 0 heterocycles. The zero-order chi connectivity index (χ0) is 56.5. The summed E-state index contributed by atoms with van der Waals surface area (Å²) in [7, 11) is -25.7. The number of urea groups is 1. The molecule has 0 saturated heterocycles. The van der Waals surface area contributed by atoms with Crippen molar-refractivity contribution in [3.63, 3.8) is 0 Å². The minimum absolute atomic E-state index is 0. The quantitative estimate of drug-likeness (QED) is 0.0320. The van der Waals surface area contributed by atoms with Crippen molar-refractivity contribution in [2.75, 3.05) is 10.6 Å². The normalized spacial score (nSPS) is 12.0. The number of phenols is 2. The van der Waals surface area contributed by atoms with Gasteiger partial charge in [0.15, 0.2) is 11.5 Å². The number of carbonyl (C=O) groups excluding carboxylic acids is 1. The molecular weight excluding hydrogens is 1270 g/mol. The molecule has 0 bridgehead atoms. The summed E-state index contributed by atoms with van der Waals surface area (Å²) in [5.41, 5.74) is -2.30. The van der Waals surface area contributed by atoms with Gasteiger partial charge in [-0.25, -0.2) is 52.0 Å². The SMILES string of the molecule is O=C(Nc1ccc2c(O)c(N=Nc3[c-]cc(N=Nc4ccc(S(=O)(=O)[O-])cc4)cc3)c(S(=O)(=O)[O-])cc2c1)Nc1ccc2c(O)c(N=Nc3ccc(N=Nc4ccc(S(=O)(=O)[O-])cc4)cc3S(=O)(=O)[O-])c(S(=O)(=O)[O-])cc2c1.[Na+].[Na+].[Na+].[Na+].[Na+].[Na+]. The van der Waals surface area contributed by atoms with Gasteiger partial charge in [-0.05, 0) is 137 Å². The fraction of sp³-hybridized carbons (Fsp3) is 0. The first kappa shape index (κ1) is 77.2. The summed E-state index contributed by atoms with van der Waals surface area (Å²) >= 11 is 0. The fourth-order valence-electron chi connectivity index (χ4n) is 6.90. The minimum Gasteiger partial charge on any atom is -0.744 e. The maximum absolute atomic E-state index is 13.2. The Bertz CT molecular complexity index is 4520. The van der Waals surface area contributed by atoms with Crippen LogP contribution in [0.4, 0.5) is 61.7 Å². The minimum atomic E-state index is -5.52. The molecule has 8 rings (SSSR count). The third kappa shape index (κ3) is 19.8. The standard InChI is InChI=1S/C45H31N10O18S5.6Na/c56-43-35-16-9-30(19-24(35)21-39(77(68,69)70)41(43)54-51-27-3-1-26(2-4-27)48-49-28-5-12-33(13-6-28)74(59,60)61)46-45(58)47-31-10-17-36-25(20-31)22-40(78(71,72)73)42(44(36)57)55-53-37-18-11-32(23-38(37)76(65,66)67)52-50-29-7-14-34(15-8-29)75(62,63)64;;;;;;/h1-3,5-23,56-57H,(H2,46,47,58)(H,59,60,61)(H,62,63,64)(H,65,66,67)(H,68,69,70)(H,71,72,73);;;;;;/q-1;6*+1/p-5. The third-order valence-corrected chi connectivity index (χ3v) is 14.7. The molecule has 8 aromatic carbocycles. The molecule has 0 spiro atoms. The number of carbonyl (C=O) groups is 1. The van der Waals surface area contributed by atoms with E-state index in [1.54, 1.807) is 0 Å². The molecule has 8 aromatic rings. The van der Waals surface area contributed by atoms with Gasteiger partial charge < -0.3 is 43.6 Å². The van der Waals surface area contributed by atoms with Crippen molar-refractivity contribution in [1.29, 1.82) is 0 Å². The number of phenolic OH excluding ortho intramolecular Hbond substituents is 2. The van der Waals surface area contributed by atoms with Gasteiger partial charge in [0.25, 0.3) is 0 Å². The first-order chi connectivity index (χ1) is 36.5. The van der Waals surface area contributed by atoms with Crippen LogP contribution in [0.5, 0.6) is 11.5 Å². The van der Waals surface area contributed by atoms with Gasteiger partial charge >= 0.3 is 183 Å². The molecule has 0 aliphatic carbocycles. The van der Waals surface area contributed by atoms with Crippen LogP contribution in [0.15, 0.2) is 199 Å². The van der Waals surface area contributed by atoms with Crippen molar-refractivity contribution in [1.82, 2.24) is 0 Å². The Kier molecular flexibility index (Phi) is 29.0. The van der Waals surface area contributed by atoms with E-state index in [4.69, 9.17) is 0 Å². The van der Waals surface area contributed by atoms with E-state index in [9.17, 15) is 79.9 Å². The van der Waals surface area contributed by atoms with Crippen LogP contribution in [0.1, 0.15) is 0 Å². The molecule has 0 radical (unpaired) electrons. The van der Waals surface area contributed by atoms with Gasteiger partial charge in [-0.1, -0.05) is 0 Å². The number of hydrogen-bond acceptors (Lipinski definition) is 26. The van der Waals surface area contributed by atoms with Crippen LogP contribution in [0, 0.1) is 6.07 Å². The maximum Gasteiger partial charge on any atom is 1.00 e. The molecule has 28 nitrogen and oxygen atoms in total. The fourth-order valence-corrected chi connectivity index (χ4v) is 9.77. The van der Waals surface area contributed by atoms with Gasteiger partial charge in [0.2, 0.25) is 0 Å². The largest absolute Gasteiger partial charge is 1.00 e. The number of nitrogens with zero attached hydrogens (tertiary/aromatic N) is 8. The molecule has 0 aliphatic heterocycles. The van der Waals surface area contributed by atoms with E-state index in [0.29, 0.717) is 6.07 Å². The second-order valence-electron chi connectivity index (χ2n) is 15.7. The Morgan fingerprint density at radius 1 is 0.393 bits per heavy atom. The van der Waals surface area contributed by atoms with E-state index in [-0.39, 0.29) is 239 Å². The molecule has 0 aliphatic rings. The van der Waals surface area contributed by atoms with Gasteiger partial charge in [-0.2, -0.15) is 26.5 Å². The molecule has 0 atom stereocenters. The van der Waals surface area contributed by atoms with E-state index in [2.05, 4.69) is 57.6 Å². The van der Waals surface area contributed by atoms with E-state index >= 15 is 0 Å². The molecule has 0 aromatic heterocycles. The van der Waals surface area contributed by atoms with Gasteiger partial charge in [0.1, 0.15) is 67.7 Å². The predicted octanol–water partition coefficient (Wildman–Crippen LogP) is -8.95. The van der Waals surface area contributed by atoms with Crippen LogP contribution < -0.4 is 188 Å². The zero-order valence-corrected chi connectivity index (χ0v) is 60.3. The van der Waals surface area contributed by atoms with E-state index in [1.165, 1.54) is 60.7 Å². The molecule has 400 valence electrons. The topological polar surface area (TPSA) is 466 Å². The van der Waals surface area contributed by atoms with Crippen LogP contribution >= 0.6 is 0 Å². The molecule has 0 unspecified atom stereocenters. The summed E-state index contributed by atoms with van der Waals surface area (Å²) < 4.78 is 178. The number of aromatic hydroxyl groups is 2. The molecule has 84 heavy (non-hydrogen) atoms. The first-order valence-electron chi connectivity index (χ1n) is 21.0. The Morgan fingerprint density at radius 2 is 0.774 bits per heavy atom. The van der Waals surface area contributed by atoms with Crippen molar-refractivity contribution in [3.8, 4) is 11.5 Å². The van der Waals surface area contributed by atoms with Gasteiger partial charge in [-0.3, -0.25) is 0 Å². The number of anilines is 2. The second kappa shape index (κ2) is 31.5. The summed E-state index contributed by atoms with van der Waals surface area (Å²) in [6.07, 6.45) is 0. The maximum atomic E-state index is 13.2. The number of benzene rings is 8. The number of amides is 2.